The molecule has 0 aliphatic carbocycles. The first kappa shape index (κ1) is 26.2. The quantitative estimate of drug-likeness (QED) is 0.0954. The second-order valence-electron chi connectivity index (χ2n) is 9.39. The molecule has 0 unspecified atom stereocenters. The number of phenolic OH excluding ortho intramolecular Hbond substituents is 2. The number of benzene rings is 4. The fourth-order valence-electron chi connectivity index (χ4n) is 4.86. The highest BCUT2D eigenvalue weighted by molar-refractivity contribution is 5.94. The second-order valence-corrected chi connectivity index (χ2v) is 9.39. The summed E-state index contributed by atoms with van der Waals surface area (Å²) in [5, 5.41) is 42.6. The minimum atomic E-state index is -1.37. The van der Waals surface area contributed by atoms with Crippen molar-refractivity contribution in [1.29, 1.82) is 0 Å². The molecule has 6 aromatic rings. The van der Waals surface area contributed by atoms with Crippen molar-refractivity contribution in [3.8, 4) is 28.7 Å². The lowest BCUT2D eigenvalue weighted by Crippen LogP contribution is -2.21. The van der Waals surface area contributed by atoms with Crippen LogP contribution < -0.4 is 16.0 Å². The Balaban J connectivity index is 1.51. The van der Waals surface area contributed by atoms with E-state index in [1.54, 1.807) is 24.3 Å². The van der Waals surface area contributed by atoms with Crippen molar-refractivity contribution in [2.24, 2.45) is 0 Å². The molecule has 2 aromatic heterocycles. The second kappa shape index (κ2) is 10.2. The van der Waals surface area contributed by atoms with Gasteiger partial charge in [-0.25, -0.2) is 14.4 Å². The lowest BCUT2D eigenvalue weighted by molar-refractivity contribution is 0.0731. The highest BCUT2D eigenvalue weighted by Crippen LogP contribution is 2.42. The van der Waals surface area contributed by atoms with Gasteiger partial charge in [0, 0.05) is 0 Å². The smallest absolute Gasteiger partial charge is 0.347 e. The molecule has 4 aromatic carbocycles. The van der Waals surface area contributed by atoms with Crippen molar-refractivity contribution in [2.75, 3.05) is 0 Å². The van der Waals surface area contributed by atoms with Crippen molar-refractivity contribution in [1.82, 2.24) is 0 Å². The van der Waals surface area contributed by atoms with E-state index in [1.165, 1.54) is 54.6 Å². The summed E-state index contributed by atoms with van der Waals surface area (Å²) in [6.45, 7) is 0. The van der Waals surface area contributed by atoms with Crippen LogP contribution in [0, 0.1) is 0 Å². The Morgan fingerprint density at radius 3 is 1.74 bits per heavy atom. The van der Waals surface area contributed by atoms with Crippen LogP contribution in [0.2, 0.25) is 0 Å². The normalized spacial score (nSPS) is 11.3. The minimum absolute atomic E-state index is 0.0229. The molecule has 42 heavy (non-hydrogen) atoms. The van der Waals surface area contributed by atoms with Gasteiger partial charge in [-0.05, 0) is 60.2 Å². The van der Waals surface area contributed by atoms with Gasteiger partial charge in [-0.1, -0.05) is 36.4 Å². The average molecular weight is 565 g/mol. The highest BCUT2D eigenvalue weighted by Gasteiger charge is 2.32. The summed E-state index contributed by atoms with van der Waals surface area (Å²) in [5.41, 5.74) is -2.32. The van der Waals surface area contributed by atoms with E-state index in [2.05, 4.69) is 0 Å². The number of carbonyl (C=O) groups excluding carboxylic acids is 1. The monoisotopic (exact) mass is 564 g/mol. The van der Waals surface area contributed by atoms with Crippen molar-refractivity contribution in [3.05, 3.63) is 134 Å². The van der Waals surface area contributed by atoms with Crippen LogP contribution in [0.3, 0.4) is 0 Å². The fraction of sp³-hybridized carbons (Fsp3) is 0.0312. The van der Waals surface area contributed by atoms with E-state index < -0.39 is 40.4 Å². The molecule has 0 atom stereocenters. The van der Waals surface area contributed by atoms with Gasteiger partial charge in [0.2, 0.25) is 0 Å². The number of rotatable bonds is 5. The number of hydrogen-bond donors (Lipinski definition) is 4. The Bertz CT molecular complexity index is 2020. The molecule has 2 heterocycles. The third-order valence-electron chi connectivity index (χ3n) is 6.84. The summed E-state index contributed by atoms with van der Waals surface area (Å²) in [6, 6.07) is 21.6. The van der Waals surface area contributed by atoms with E-state index in [4.69, 9.17) is 13.6 Å². The van der Waals surface area contributed by atoms with E-state index in [-0.39, 0.29) is 55.7 Å². The number of esters is 1. The summed E-state index contributed by atoms with van der Waals surface area (Å²) >= 11 is 0. The number of fused-ring (bicyclic) bond motifs is 2. The van der Waals surface area contributed by atoms with Crippen LogP contribution in [0.4, 0.5) is 0 Å². The predicted octanol–water partition coefficient (Wildman–Crippen LogP) is 5.12. The molecule has 0 radical (unpaired) electrons. The molecule has 0 aliphatic heterocycles. The largest absolute Gasteiger partial charge is 0.508 e. The maximum atomic E-state index is 13.3. The maximum Gasteiger partial charge on any atom is 0.347 e. The molecular formula is C32H20O10. The van der Waals surface area contributed by atoms with Crippen molar-refractivity contribution < 1.29 is 38.8 Å². The maximum absolute atomic E-state index is 13.3. The van der Waals surface area contributed by atoms with E-state index in [9.17, 15) is 34.8 Å². The van der Waals surface area contributed by atoms with E-state index in [0.717, 1.165) is 12.1 Å². The summed E-state index contributed by atoms with van der Waals surface area (Å²) in [7, 11) is 0. The summed E-state index contributed by atoms with van der Waals surface area (Å²) in [4.78, 5) is 39.2. The van der Waals surface area contributed by atoms with Crippen molar-refractivity contribution in [3.63, 3.8) is 0 Å². The Morgan fingerprint density at radius 1 is 0.667 bits per heavy atom. The predicted molar refractivity (Wildman–Crippen MR) is 150 cm³/mol. The van der Waals surface area contributed by atoms with Gasteiger partial charge in [0.1, 0.15) is 45.5 Å². The van der Waals surface area contributed by atoms with E-state index in [1.807, 2.05) is 0 Å². The molecule has 6 rings (SSSR count). The number of para-hydroxylation sites is 2. The van der Waals surface area contributed by atoms with Gasteiger partial charge >= 0.3 is 17.2 Å². The van der Waals surface area contributed by atoms with Crippen LogP contribution in [0.25, 0.3) is 21.9 Å². The van der Waals surface area contributed by atoms with E-state index in [0.29, 0.717) is 0 Å². The Morgan fingerprint density at radius 2 is 1.19 bits per heavy atom. The standard InChI is InChI=1S/C32H20O10/c33-17-11-14-22(34)21(15-17)30(37)40-18-12-9-16(10-13-18)25(26-28(35)19-5-1-3-7-23(19)41-31(26)38)27-29(36)20-6-2-4-8-24(20)42-32(27)39/h1-15,25,33-36H. The summed E-state index contributed by atoms with van der Waals surface area (Å²) in [5.74, 6) is -3.84. The van der Waals surface area contributed by atoms with Gasteiger partial charge < -0.3 is 34.0 Å². The lowest BCUT2D eigenvalue weighted by atomic mass is 9.84. The zero-order chi connectivity index (χ0) is 29.5. The summed E-state index contributed by atoms with van der Waals surface area (Å²) < 4.78 is 16.3. The van der Waals surface area contributed by atoms with Gasteiger partial charge in [0.25, 0.3) is 0 Å². The van der Waals surface area contributed by atoms with Crippen LogP contribution >= 0.6 is 0 Å². The highest BCUT2D eigenvalue weighted by atomic mass is 16.5. The van der Waals surface area contributed by atoms with Crippen molar-refractivity contribution in [2.45, 2.75) is 5.92 Å². The first-order valence-electron chi connectivity index (χ1n) is 12.6. The molecule has 0 saturated carbocycles. The number of carbonyl (C=O) groups is 1. The topological polar surface area (TPSA) is 168 Å². The Hall–Kier alpha value is -6.03. The fourth-order valence-corrected chi connectivity index (χ4v) is 4.86. The molecule has 0 aliphatic rings. The molecule has 10 heteroatoms. The number of aromatic hydroxyl groups is 4. The number of phenols is 2. The molecular weight excluding hydrogens is 544 g/mol. The van der Waals surface area contributed by atoms with Gasteiger partial charge in [0.15, 0.2) is 0 Å². The van der Waals surface area contributed by atoms with Crippen LogP contribution in [0.1, 0.15) is 33.0 Å². The third-order valence-corrected chi connectivity index (χ3v) is 6.84. The third kappa shape index (κ3) is 4.46. The van der Waals surface area contributed by atoms with Crippen LogP contribution in [0.15, 0.2) is 109 Å². The zero-order valence-corrected chi connectivity index (χ0v) is 21.5. The van der Waals surface area contributed by atoms with Crippen LogP contribution in [0.5, 0.6) is 28.7 Å². The van der Waals surface area contributed by atoms with Gasteiger partial charge in [-0.3, -0.25) is 0 Å². The summed E-state index contributed by atoms with van der Waals surface area (Å²) in [6.07, 6.45) is 0. The van der Waals surface area contributed by atoms with Crippen LogP contribution in [-0.2, 0) is 0 Å². The first-order valence-corrected chi connectivity index (χ1v) is 12.6. The van der Waals surface area contributed by atoms with Gasteiger partial charge in [0.05, 0.1) is 27.8 Å². The Labute approximate surface area is 235 Å². The van der Waals surface area contributed by atoms with Gasteiger partial charge in [-0.15, -0.1) is 0 Å². The number of hydrogen-bond acceptors (Lipinski definition) is 10. The molecule has 4 N–H and O–H groups in total. The molecule has 0 fully saturated rings. The van der Waals surface area contributed by atoms with Gasteiger partial charge in [-0.2, -0.15) is 0 Å². The SMILES string of the molecule is O=C(Oc1ccc(C(c2c(O)c3ccccc3oc2=O)c2c(O)c3ccccc3oc2=O)cc1)c1cc(O)ccc1O. The average Bonchev–Trinajstić information content (AvgIpc) is 2.98. The Kier molecular flexibility index (Phi) is 6.35. The molecule has 0 spiro atoms. The molecule has 208 valence electrons. The minimum Gasteiger partial charge on any atom is -0.508 e. The molecule has 0 saturated heterocycles. The molecule has 10 nitrogen and oxygen atoms in total. The zero-order valence-electron chi connectivity index (χ0n) is 21.5. The molecule has 0 amide bonds. The lowest BCUT2D eigenvalue weighted by Gasteiger charge is -2.20. The van der Waals surface area contributed by atoms with Crippen molar-refractivity contribution >= 4 is 27.9 Å². The number of ether oxygens (including phenoxy) is 1. The van der Waals surface area contributed by atoms with E-state index >= 15 is 0 Å². The van der Waals surface area contributed by atoms with Crippen LogP contribution in [-0.4, -0.2) is 26.4 Å². The molecule has 0 bridgehead atoms. The first-order chi connectivity index (χ1) is 20.2.